The molecule has 1 fully saturated rings. The van der Waals surface area contributed by atoms with Gasteiger partial charge in [-0.05, 0) is 48.9 Å². The van der Waals surface area contributed by atoms with Crippen LogP contribution in [0.5, 0.6) is 0 Å². The van der Waals surface area contributed by atoms with E-state index in [1.54, 1.807) is 0 Å². The molecular formula is C28H25FN4O8S. The van der Waals surface area contributed by atoms with Crippen LogP contribution in [-0.4, -0.2) is 42.7 Å². The van der Waals surface area contributed by atoms with E-state index in [0.29, 0.717) is 6.42 Å². The van der Waals surface area contributed by atoms with E-state index in [0.717, 1.165) is 41.7 Å². The van der Waals surface area contributed by atoms with Gasteiger partial charge < -0.3 is 10.4 Å². The number of sulfonamides is 1. The van der Waals surface area contributed by atoms with Crippen molar-refractivity contribution in [3.63, 3.8) is 0 Å². The number of carbonyl (C=O) groups is 3. The van der Waals surface area contributed by atoms with Crippen molar-refractivity contribution < 1.29 is 37.2 Å². The zero-order chi connectivity index (χ0) is 30.6. The van der Waals surface area contributed by atoms with Gasteiger partial charge in [-0.2, -0.15) is 0 Å². The summed E-state index contributed by atoms with van der Waals surface area (Å²) in [5.74, 6) is -3.75. The van der Waals surface area contributed by atoms with E-state index in [1.165, 1.54) is 42.5 Å². The molecule has 1 heterocycles. The predicted molar refractivity (Wildman–Crippen MR) is 149 cm³/mol. The SMILES string of the molecule is CCCCNC(=O)NS(=O)(=O)c1ccc(N2C(=O)C(=O)C(=C(O)c3ccc([N+](=O)[O-])cc3)C2c2ccccc2F)cc1. The molecule has 1 atom stereocenters. The van der Waals surface area contributed by atoms with Crippen LogP contribution in [0.4, 0.5) is 20.6 Å². The van der Waals surface area contributed by atoms with Gasteiger partial charge in [0.1, 0.15) is 11.6 Å². The smallest absolute Gasteiger partial charge is 0.328 e. The Morgan fingerprint density at radius 3 is 2.29 bits per heavy atom. The van der Waals surface area contributed by atoms with E-state index in [4.69, 9.17) is 0 Å². The molecule has 3 N–H and O–H groups in total. The van der Waals surface area contributed by atoms with Crippen molar-refractivity contribution in [1.82, 2.24) is 10.0 Å². The first kappa shape index (κ1) is 29.9. The van der Waals surface area contributed by atoms with Crippen molar-refractivity contribution in [2.24, 2.45) is 0 Å². The molecule has 1 saturated heterocycles. The third-order valence-electron chi connectivity index (χ3n) is 6.46. The molecule has 0 radical (unpaired) electrons. The highest BCUT2D eigenvalue weighted by atomic mass is 32.2. The Hall–Kier alpha value is -5.11. The minimum absolute atomic E-state index is 0.000509. The first-order valence-electron chi connectivity index (χ1n) is 12.7. The molecule has 1 aliphatic heterocycles. The number of nitrogens with zero attached hydrogens (tertiary/aromatic N) is 2. The van der Waals surface area contributed by atoms with Crippen molar-refractivity contribution in [2.45, 2.75) is 30.7 Å². The molecule has 12 nitrogen and oxygen atoms in total. The third kappa shape index (κ3) is 5.98. The molecule has 0 aromatic heterocycles. The Bertz CT molecular complexity index is 1690. The molecule has 3 aromatic carbocycles. The van der Waals surface area contributed by atoms with Gasteiger partial charge in [0.25, 0.3) is 27.4 Å². The fourth-order valence-electron chi connectivity index (χ4n) is 4.37. The van der Waals surface area contributed by atoms with Gasteiger partial charge in [-0.25, -0.2) is 22.3 Å². The second kappa shape index (κ2) is 12.2. The van der Waals surface area contributed by atoms with Crippen LogP contribution in [0.3, 0.4) is 0 Å². The average Bonchev–Trinajstić information content (AvgIpc) is 3.22. The molecule has 4 rings (SSSR count). The topological polar surface area (TPSA) is 176 Å². The molecule has 3 aromatic rings. The Kier molecular flexibility index (Phi) is 8.66. The number of hydrogen-bond donors (Lipinski definition) is 3. The molecule has 1 unspecified atom stereocenters. The number of amides is 3. The number of urea groups is 1. The second-order valence-corrected chi connectivity index (χ2v) is 10.9. The first-order valence-corrected chi connectivity index (χ1v) is 14.2. The highest BCUT2D eigenvalue weighted by Crippen LogP contribution is 2.43. The van der Waals surface area contributed by atoms with Gasteiger partial charge in [0.15, 0.2) is 0 Å². The van der Waals surface area contributed by atoms with Crippen LogP contribution in [0.1, 0.15) is 36.9 Å². The summed E-state index contributed by atoms with van der Waals surface area (Å²) in [7, 11) is -4.29. The minimum atomic E-state index is -4.29. The van der Waals surface area contributed by atoms with Gasteiger partial charge >= 0.3 is 6.03 Å². The Morgan fingerprint density at radius 2 is 1.69 bits per heavy atom. The van der Waals surface area contributed by atoms with Crippen molar-refractivity contribution in [3.8, 4) is 0 Å². The van der Waals surface area contributed by atoms with Crippen LogP contribution in [0.15, 0.2) is 83.3 Å². The van der Waals surface area contributed by atoms with E-state index in [-0.39, 0.29) is 33.9 Å². The van der Waals surface area contributed by atoms with Gasteiger partial charge in [-0.3, -0.25) is 24.6 Å². The van der Waals surface area contributed by atoms with Gasteiger partial charge in [0.05, 0.1) is 21.4 Å². The number of nitro benzene ring substituents is 1. The van der Waals surface area contributed by atoms with Crippen molar-refractivity contribution in [3.05, 3.63) is 105 Å². The van der Waals surface area contributed by atoms with Crippen LogP contribution in [0.2, 0.25) is 0 Å². The van der Waals surface area contributed by atoms with Gasteiger partial charge in [0, 0.05) is 35.5 Å². The molecule has 0 saturated carbocycles. The number of halogens is 1. The number of nitro groups is 1. The quantitative estimate of drug-likeness (QED) is 0.0824. The lowest BCUT2D eigenvalue weighted by Crippen LogP contribution is -2.39. The van der Waals surface area contributed by atoms with E-state index < -0.39 is 55.9 Å². The lowest BCUT2D eigenvalue weighted by molar-refractivity contribution is -0.384. The summed E-state index contributed by atoms with van der Waals surface area (Å²) < 4.78 is 42.3. The summed E-state index contributed by atoms with van der Waals surface area (Å²) in [6, 6.07) is 12.1. The molecule has 0 bridgehead atoms. The average molecular weight is 597 g/mol. The molecule has 218 valence electrons. The number of rotatable bonds is 9. The maximum absolute atomic E-state index is 15.1. The van der Waals surface area contributed by atoms with Crippen LogP contribution < -0.4 is 14.9 Å². The summed E-state index contributed by atoms with van der Waals surface area (Å²) in [5.41, 5.74) is -0.909. The number of non-ortho nitro benzene ring substituents is 1. The number of hydrogen-bond acceptors (Lipinski definition) is 8. The van der Waals surface area contributed by atoms with Gasteiger partial charge in [-0.1, -0.05) is 31.5 Å². The van der Waals surface area contributed by atoms with E-state index in [9.17, 15) is 38.0 Å². The molecule has 3 amide bonds. The maximum atomic E-state index is 15.1. The number of nitrogens with one attached hydrogen (secondary N) is 2. The largest absolute Gasteiger partial charge is 0.507 e. The fraction of sp³-hybridized carbons (Fsp3) is 0.179. The first-order chi connectivity index (χ1) is 20.0. The Labute approximate surface area is 239 Å². The summed E-state index contributed by atoms with van der Waals surface area (Å²) in [4.78, 5) is 49.5. The minimum Gasteiger partial charge on any atom is -0.507 e. The van der Waals surface area contributed by atoms with E-state index >= 15 is 4.39 Å². The molecule has 14 heteroatoms. The number of aliphatic hydroxyl groups excluding tert-OH is 1. The van der Waals surface area contributed by atoms with Crippen molar-refractivity contribution in [1.29, 1.82) is 0 Å². The molecule has 42 heavy (non-hydrogen) atoms. The number of aliphatic hydroxyl groups is 1. The number of benzene rings is 3. The van der Waals surface area contributed by atoms with Crippen molar-refractivity contribution >= 4 is 44.9 Å². The lowest BCUT2D eigenvalue weighted by Gasteiger charge is -2.26. The predicted octanol–water partition coefficient (Wildman–Crippen LogP) is 4.15. The molecular weight excluding hydrogens is 571 g/mol. The van der Waals surface area contributed by atoms with Crippen LogP contribution in [0.25, 0.3) is 5.76 Å². The molecule has 0 aliphatic carbocycles. The van der Waals surface area contributed by atoms with Crippen molar-refractivity contribution in [2.75, 3.05) is 11.4 Å². The normalized spacial score (nSPS) is 16.3. The van der Waals surface area contributed by atoms with Crippen LogP contribution >= 0.6 is 0 Å². The van der Waals surface area contributed by atoms with E-state index in [1.807, 2.05) is 11.6 Å². The summed E-state index contributed by atoms with van der Waals surface area (Å²) in [5, 5.41) is 24.5. The zero-order valence-electron chi connectivity index (χ0n) is 22.1. The summed E-state index contributed by atoms with van der Waals surface area (Å²) in [6.45, 7) is 2.19. The lowest BCUT2D eigenvalue weighted by atomic mass is 9.94. The Balaban J connectivity index is 1.75. The Morgan fingerprint density at radius 1 is 1.05 bits per heavy atom. The van der Waals surface area contributed by atoms with Gasteiger partial charge in [0.2, 0.25) is 0 Å². The highest BCUT2D eigenvalue weighted by Gasteiger charge is 2.48. The van der Waals surface area contributed by atoms with Crippen LogP contribution in [-0.2, 0) is 19.6 Å². The standard InChI is InChI=1S/C28H25FN4O8S/c1-2-3-16-30-28(37)31-42(40,41)20-14-12-18(13-15-20)32-24(21-6-4-5-7-22(21)29)23(26(35)27(32)36)25(34)17-8-10-19(11-9-17)33(38)39/h4-15,24,34H,2-3,16H2,1H3,(H2,30,31,37). The number of anilines is 1. The maximum Gasteiger partial charge on any atom is 0.328 e. The second-order valence-electron chi connectivity index (χ2n) is 9.20. The zero-order valence-corrected chi connectivity index (χ0v) is 22.9. The summed E-state index contributed by atoms with van der Waals surface area (Å²) >= 11 is 0. The summed E-state index contributed by atoms with van der Waals surface area (Å²) in [6.07, 6.45) is 1.45. The van der Waals surface area contributed by atoms with E-state index in [2.05, 4.69) is 5.32 Å². The number of carbonyl (C=O) groups excluding carboxylic acids is 3. The van der Waals surface area contributed by atoms with Crippen LogP contribution in [0, 0.1) is 15.9 Å². The monoisotopic (exact) mass is 596 g/mol. The third-order valence-corrected chi connectivity index (χ3v) is 7.81. The number of ketones is 1. The fourth-order valence-corrected chi connectivity index (χ4v) is 5.30. The molecule has 1 aliphatic rings. The number of unbranched alkanes of at least 4 members (excludes halogenated alkanes) is 1. The van der Waals surface area contributed by atoms with Gasteiger partial charge in [-0.15, -0.1) is 0 Å². The molecule has 0 spiro atoms. The number of Topliss-reactive ketones (excluding diaryl/α,β-unsaturated/α-hetero) is 1. The highest BCUT2D eigenvalue weighted by molar-refractivity contribution is 7.90.